The Bertz CT molecular complexity index is 338. The highest BCUT2D eigenvalue weighted by Gasteiger charge is 2.26. The van der Waals surface area contributed by atoms with Gasteiger partial charge in [-0.3, -0.25) is 4.79 Å². The number of aliphatic hydroxyl groups is 1. The van der Waals surface area contributed by atoms with Gasteiger partial charge in [0.2, 0.25) is 0 Å². The maximum atomic E-state index is 10.6. The summed E-state index contributed by atoms with van der Waals surface area (Å²) in [6.07, 6.45) is 0.653. The van der Waals surface area contributed by atoms with Crippen LogP contribution in [0.4, 0.5) is 0 Å². The molecule has 82 valence electrons. The van der Waals surface area contributed by atoms with E-state index in [2.05, 4.69) is 0 Å². The van der Waals surface area contributed by atoms with Crippen molar-refractivity contribution in [2.75, 3.05) is 0 Å². The molecule has 1 aromatic rings. The van der Waals surface area contributed by atoms with Gasteiger partial charge in [-0.05, 0) is 24.5 Å². The van der Waals surface area contributed by atoms with E-state index in [-0.39, 0.29) is 6.42 Å². The summed E-state index contributed by atoms with van der Waals surface area (Å²) in [5.74, 6) is -1.00. The molecule has 0 aromatic heterocycles. The lowest BCUT2D eigenvalue weighted by atomic mass is 9.92. The third-order valence-electron chi connectivity index (χ3n) is 2.48. The van der Waals surface area contributed by atoms with Crippen LogP contribution in [0.5, 0.6) is 0 Å². The lowest BCUT2D eigenvalue weighted by molar-refractivity contribution is -0.142. The van der Waals surface area contributed by atoms with Gasteiger partial charge >= 0.3 is 5.97 Å². The molecule has 0 aliphatic heterocycles. The topological polar surface area (TPSA) is 57.5 Å². The molecule has 0 fully saturated rings. The molecule has 0 radical (unpaired) electrons. The van der Waals surface area contributed by atoms with Gasteiger partial charge < -0.3 is 10.2 Å². The highest BCUT2D eigenvalue weighted by Crippen LogP contribution is 2.24. The zero-order chi connectivity index (χ0) is 11.5. The molecule has 1 rings (SSSR count). The van der Waals surface area contributed by atoms with Crippen LogP contribution in [0.25, 0.3) is 0 Å². The molecule has 0 amide bonds. The molecule has 3 heteroatoms. The summed E-state index contributed by atoms with van der Waals surface area (Å²) in [6.45, 7) is 3.56. The monoisotopic (exact) mass is 208 g/mol. The third kappa shape index (κ3) is 3.06. The Morgan fingerprint density at radius 2 is 1.87 bits per heavy atom. The summed E-state index contributed by atoms with van der Waals surface area (Å²) in [5.41, 5.74) is 0.518. The fourth-order valence-corrected chi connectivity index (χ4v) is 1.50. The van der Waals surface area contributed by atoms with E-state index in [9.17, 15) is 9.90 Å². The van der Waals surface area contributed by atoms with E-state index in [0.29, 0.717) is 5.56 Å². The minimum Gasteiger partial charge on any atom is -0.481 e. The van der Waals surface area contributed by atoms with Gasteiger partial charge in [0, 0.05) is 0 Å². The molecule has 0 saturated heterocycles. The zero-order valence-electron chi connectivity index (χ0n) is 9.03. The Kier molecular flexibility index (Phi) is 3.48. The van der Waals surface area contributed by atoms with E-state index >= 15 is 0 Å². The highest BCUT2D eigenvalue weighted by atomic mass is 16.4. The second-order valence-corrected chi connectivity index (χ2v) is 3.89. The number of aryl methyl sites for hydroxylation is 1. The Labute approximate surface area is 89.4 Å². The summed E-state index contributed by atoms with van der Waals surface area (Å²) in [7, 11) is 0. The number of aliphatic carboxylic acids is 1. The molecule has 1 atom stereocenters. The Morgan fingerprint density at radius 1 is 1.33 bits per heavy atom. The van der Waals surface area contributed by atoms with E-state index in [0.717, 1.165) is 6.42 Å². The molecule has 0 saturated carbocycles. The molecule has 0 spiro atoms. The fraction of sp³-hybridized carbons (Fsp3) is 0.417. The normalized spacial score (nSPS) is 14.6. The van der Waals surface area contributed by atoms with Crippen molar-refractivity contribution in [3.05, 3.63) is 35.4 Å². The summed E-state index contributed by atoms with van der Waals surface area (Å²) in [5, 5.41) is 18.6. The molecule has 0 aliphatic carbocycles. The predicted octanol–water partition coefficient (Wildman–Crippen LogP) is 1.93. The molecule has 0 aliphatic rings. The average molecular weight is 208 g/mol. The lowest BCUT2D eigenvalue weighted by Crippen LogP contribution is -2.24. The number of rotatable bonds is 4. The third-order valence-corrected chi connectivity index (χ3v) is 2.48. The Hall–Kier alpha value is -1.35. The van der Waals surface area contributed by atoms with Crippen LogP contribution in [0.2, 0.25) is 0 Å². The summed E-state index contributed by atoms with van der Waals surface area (Å²) in [6, 6.07) is 7.38. The summed E-state index contributed by atoms with van der Waals surface area (Å²) < 4.78 is 0. The van der Waals surface area contributed by atoms with Crippen molar-refractivity contribution < 1.29 is 15.0 Å². The minimum absolute atomic E-state index is 0.279. The molecule has 3 nitrogen and oxygen atoms in total. The van der Waals surface area contributed by atoms with E-state index in [1.165, 1.54) is 12.5 Å². The molecule has 0 heterocycles. The van der Waals surface area contributed by atoms with Gasteiger partial charge in [-0.15, -0.1) is 0 Å². The molecule has 0 bridgehead atoms. The standard InChI is InChI=1S/C12H16O3/c1-3-9-4-6-10(7-5-9)12(2,15)8-11(13)14/h4-7,15H,3,8H2,1-2H3,(H,13,14). The van der Waals surface area contributed by atoms with Crippen LogP contribution >= 0.6 is 0 Å². The minimum atomic E-state index is -1.29. The van der Waals surface area contributed by atoms with Crippen molar-refractivity contribution >= 4 is 5.97 Å². The van der Waals surface area contributed by atoms with Gasteiger partial charge in [0.1, 0.15) is 0 Å². The van der Waals surface area contributed by atoms with Crippen LogP contribution < -0.4 is 0 Å². The quantitative estimate of drug-likeness (QED) is 0.794. The van der Waals surface area contributed by atoms with Crippen LogP contribution in [0.15, 0.2) is 24.3 Å². The highest BCUT2D eigenvalue weighted by molar-refractivity contribution is 5.68. The van der Waals surface area contributed by atoms with Crippen molar-refractivity contribution in [1.82, 2.24) is 0 Å². The SMILES string of the molecule is CCc1ccc(C(C)(O)CC(=O)O)cc1. The smallest absolute Gasteiger partial charge is 0.306 e. The van der Waals surface area contributed by atoms with Crippen LogP contribution in [0.1, 0.15) is 31.4 Å². The molecule has 2 N–H and O–H groups in total. The van der Waals surface area contributed by atoms with Crippen LogP contribution in [-0.2, 0) is 16.8 Å². The van der Waals surface area contributed by atoms with Crippen molar-refractivity contribution in [3.8, 4) is 0 Å². The first-order valence-electron chi connectivity index (χ1n) is 4.99. The largest absolute Gasteiger partial charge is 0.481 e. The van der Waals surface area contributed by atoms with Gasteiger partial charge in [-0.1, -0.05) is 31.2 Å². The van der Waals surface area contributed by atoms with E-state index < -0.39 is 11.6 Å². The Morgan fingerprint density at radius 3 is 2.27 bits per heavy atom. The predicted molar refractivity (Wildman–Crippen MR) is 57.6 cm³/mol. The van der Waals surface area contributed by atoms with Crippen LogP contribution in [0, 0.1) is 0 Å². The van der Waals surface area contributed by atoms with Gasteiger partial charge in [-0.25, -0.2) is 0 Å². The summed E-state index contributed by atoms with van der Waals surface area (Å²) in [4.78, 5) is 10.6. The number of carbonyl (C=O) groups is 1. The number of carboxylic acid groups (broad SMARTS) is 1. The number of benzene rings is 1. The van der Waals surface area contributed by atoms with Crippen LogP contribution in [-0.4, -0.2) is 16.2 Å². The average Bonchev–Trinajstić information content (AvgIpc) is 2.16. The molecule has 1 unspecified atom stereocenters. The maximum absolute atomic E-state index is 10.6. The molecular formula is C12H16O3. The maximum Gasteiger partial charge on any atom is 0.306 e. The van der Waals surface area contributed by atoms with Gasteiger partial charge in [0.25, 0.3) is 0 Å². The van der Waals surface area contributed by atoms with Gasteiger partial charge in [0.15, 0.2) is 0 Å². The van der Waals surface area contributed by atoms with Crippen molar-refractivity contribution in [1.29, 1.82) is 0 Å². The van der Waals surface area contributed by atoms with E-state index in [4.69, 9.17) is 5.11 Å². The first kappa shape index (κ1) is 11.7. The van der Waals surface area contributed by atoms with Crippen LogP contribution in [0.3, 0.4) is 0 Å². The Balaban J connectivity index is 2.89. The first-order chi connectivity index (χ1) is 6.95. The second-order valence-electron chi connectivity index (χ2n) is 3.89. The fourth-order valence-electron chi connectivity index (χ4n) is 1.50. The zero-order valence-corrected chi connectivity index (χ0v) is 9.03. The lowest BCUT2D eigenvalue weighted by Gasteiger charge is -2.21. The van der Waals surface area contributed by atoms with E-state index in [1.807, 2.05) is 19.1 Å². The molecule has 1 aromatic carbocycles. The summed E-state index contributed by atoms with van der Waals surface area (Å²) >= 11 is 0. The first-order valence-corrected chi connectivity index (χ1v) is 4.99. The van der Waals surface area contributed by atoms with Gasteiger partial charge in [0.05, 0.1) is 12.0 Å². The van der Waals surface area contributed by atoms with Crippen molar-refractivity contribution in [2.45, 2.75) is 32.3 Å². The molecule has 15 heavy (non-hydrogen) atoms. The van der Waals surface area contributed by atoms with Crippen molar-refractivity contribution in [3.63, 3.8) is 0 Å². The number of hydrogen-bond donors (Lipinski definition) is 2. The number of hydrogen-bond acceptors (Lipinski definition) is 2. The van der Waals surface area contributed by atoms with Crippen molar-refractivity contribution in [2.24, 2.45) is 0 Å². The second kappa shape index (κ2) is 4.45. The molecular weight excluding hydrogens is 192 g/mol. The van der Waals surface area contributed by atoms with E-state index in [1.54, 1.807) is 12.1 Å². The van der Waals surface area contributed by atoms with Gasteiger partial charge in [-0.2, -0.15) is 0 Å². The number of carboxylic acids is 1.